The van der Waals surface area contributed by atoms with Gasteiger partial charge in [-0.2, -0.15) is 0 Å². The maximum Gasteiger partial charge on any atom is 0.304 e. The van der Waals surface area contributed by atoms with Gasteiger partial charge in [0.25, 0.3) is 0 Å². The first-order valence-electron chi connectivity index (χ1n) is 4.99. The lowest BCUT2D eigenvalue weighted by molar-refractivity contribution is -0.136. The van der Waals surface area contributed by atoms with E-state index in [9.17, 15) is 4.79 Å². The minimum Gasteiger partial charge on any atom is -0.481 e. The number of halogens is 1. The van der Waals surface area contributed by atoms with Crippen molar-refractivity contribution in [3.63, 3.8) is 0 Å². The van der Waals surface area contributed by atoms with Crippen LogP contribution in [0.2, 0.25) is 5.02 Å². The molecule has 0 bridgehead atoms. The quantitative estimate of drug-likeness (QED) is 0.658. The smallest absolute Gasteiger partial charge is 0.304 e. The van der Waals surface area contributed by atoms with Crippen LogP contribution < -0.4 is 5.32 Å². The fourth-order valence-corrected chi connectivity index (χ4v) is 2.30. The minimum atomic E-state index is -0.832. The maximum atomic E-state index is 10.4. The second-order valence-electron chi connectivity index (χ2n) is 3.11. The molecule has 0 unspecified atom stereocenters. The lowest BCUT2D eigenvalue weighted by Crippen LogP contribution is -2.07. The zero-order valence-corrected chi connectivity index (χ0v) is 10.6. The number of thioether (sulfide) groups is 1. The van der Waals surface area contributed by atoms with Gasteiger partial charge in [-0.3, -0.25) is 4.79 Å². The van der Waals surface area contributed by atoms with Crippen LogP contribution in [0.25, 0.3) is 0 Å². The largest absolute Gasteiger partial charge is 0.481 e. The Hall–Kier alpha value is -0.980. The van der Waals surface area contributed by atoms with Gasteiger partial charge in [-0.05, 0) is 6.07 Å². The van der Waals surface area contributed by atoms with Crippen LogP contribution in [0.15, 0.2) is 17.2 Å². The first-order valence-corrected chi connectivity index (χ1v) is 6.35. The molecule has 7 heteroatoms. The van der Waals surface area contributed by atoms with Gasteiger partial charge in [0.05, 0.1) is 18.1 Å². The van der Waals surface area contributed by atoms with Crippen LogP contribution in [-0.2, 0) is 4.79 Å². The second-order valence-corrected chi connectivity index (χ2v) is 4.63. The highest BCUT2D eigenvalue weighted by molar-refractivity contribution is 7.99. The predicted molar refractivity (Wildman–Crippen MR) is 67.8 cm³/mol. The van der Waals surface area contributed by atoms with E-state index in [1.54, 1.807) is 12.3 Å². The SMILES string of the molecule is O=C(O)CCSc1ccnc(NCCO)c1Cl. The highest BCUT2D eigenvalue weighted by Gasteiger charge is 2.08. The van der Waals surface area contributed by atoms with Gasteiger partial charge in [-0.25, -0.2) is 4.98 Å². The number of aliphatic hydroxyl groups is 1. The van der Waals surface area contributed by atoms with Crippen molar-refractivity contribution in [2.45, 2.75) is 11.3 Å². The first-order chi connectivity index (χ1) is 8.15. The number of carboxylic acids is 1. The maximum absolute atomic E-state index is 10.4. The van der Waals surface area contributed by atoms with Crippen LogP contribution in [0, 0.1) is 0 Å². The van der Waals surface area contributed by atoms with E-state index < -0.39 is 5.97 Å². The molecule has 94 valence electrons. The molecule has 1 aromatic heterocycles. The monoisotopic (exact) mass is 276 g/mol. The van der Waals surface area contributed by atoms with Gasteiger partial charge in [0.2, 0.25) is 0 Å². The third kappa shape index (κ3) is 4.80. The summed E-state index contributed by atoms with van der Waals surface area (Å²) in [5, 5.41) is 20.6. The highest BCUT2D eigenvalue weighted by atomic mass is 35.5. The fraction of sp³-hybridized carbons (Fsp3) is 0.400. The molecule has 0 aliphatic heterocycles. The Bertz CT molecular complexity index is 390. The van der Waals surface area contributed by atoms with Gasteiger partial charge in [0, 0.05) is 23.4 Å². The van der Waals surface area contributed by atoms with E-state index in [4.69, 9.17) is 21.8 Å². The summed E-state index contributed by atoms with van der Waals surface area (Å²) in [5.74, 6) is 0.126. The molecule has 0 aliphatic rings. The molecule has 0 aromatic carbocycles. The molecule has 1 rings (SSSR count). The van der Waals surface area contributed by atoms with E-state index in [0.29, 0.717) is 23.1 Å². The van der Waals surface area contributed by atoms with Crippen molar-refractivity contribution >= 4 is 35.1 Å². The Balaban J connectivity index is 2.62. The number of aliphatic carboxylic acids is 1. The molecule has 1 aromatic rings. The van der Waals surface area contributed by atoms with E-state index in [1.165, 1.54) is 11.8 Å². The van der Waals surface area contributed by atoms with Crippen LogP contribution in [0.5, 0.6) is 0 Å². The number of carboxylic acid groups (broad SMARTS) is 1. The number of nitrogens with zero attached hydrogens (tertiary/aromatic N) is 1. The van der Waals surface area contributed by atoms with Crippen molar-refractivity contribution < 1.29 is 15.0 Å². The zero-order chi connectivity index (χ0) is 12.7. The van der Waals surface area contributed by atoms with Crippen molar-refractivity contribution in [3.8, 4) is 0 Å². The van der Waals surface area contributed by atoms with Crippen molar-refractivity contribution in [1.82, 2.24) is 4.98 Å². The molecule has 0 spiro atoms. The lowest BCUT2D eigenvalue weighted by Gasteiger charge is -2.09. The second kappa shape index (κ2) is 7.37. The number of rotatable bonds is 7. The van der Waals surface area contributed by atoms with Crippen LogP contribution in [0.4, 0.5) is 5.82 Å². The van der Waals surface area contributed by atoms with Crippen LogP contribution in [0.1, 0.15) is 6.42 Å². The highest BCUT2D eigenvalue weighted by Crippen LogP contribution is 2.31. The summed E-state index contributed by atoms with van der Waals surface area (Å²) in [6.07, 6.45) is 1.68. The Kier molecular flexibility index (Phi) is 6.10. The Labute approximate surface area is 108 Å². The Morgan fingerprint density at radius 2 is 2.35 bits per heavy atom. The summed E-state index contributed by atoms with van der Waals surface area (Å²) in [6.45, 7) is 0.365. The third-order valence-electron chi connectivity index (χ3n) is 1.83. The van der Waals surface area contributed by atoms with Crippen LogP contribution >= 0.6 is 23.4 Å². The van der Waals surface area contributed by atoms with Gasteiger partial charge in [0.15, 0.2) is 0 Å². The number of hydrogen-bond donors (Lipinski definition) is 3. The van der Waals surface area contributed by atoms with Crippen molar-refractivity contribution in [3.05, 3.63) is 17.3 Å². The average Bonchev–Trinajstić information content (AvgIpc) is 2.29. The van der Waals surface area contributed by atoms with Gasteiger partial charge < -0.3 is 15.5 Å². The number of pyridine rings is 1. The summed E-state index contributed by atoms with van der Waals surface area (Å²) in [4.78, 5) is 15.2. The predicted octanol–water partition coefficient (Wildman–Crippen LogP) is 1.71. The molecule has 0 atom stereocenters. The molecule has 0 saturated heterocycles. The first kappa shape index (κ1) is 14.1. The van der Waals surface area contributed by atoms with E-state index >= 15 is 0 Å². The van der Waals surface area contributed by atoms with Crippen molar-refractivity contribution in [1.29, 1.82) is 0 Å². The molecule has 0 fully saturated rings. The number of carbonyl (C=O) groups is 1. The number of aliphatic hydroxyl groups excluding tert-OH is 1. The van der Waals surface area contributed by atoms with Gasteiger partial charge >= 0.3 is 5.97 Å². The zero-order valence-electron chi connectivity index (χ0n) is 9.02. The van der Waals surface area contributed by atoms with E-state index in [1.807, 2.05) is 0 Å². The van der Waals surface area contributed by atoms with E-state index in [2.05, 4.69) is 10.3 Å². The molecule has 1 heterocycles. The summed E-state index contributed by atoms with van der Waals surface area (Å²) in [5.41, 5.74) is 0. The topological polar surface area (TPSA) is 82.5 Å². The standard InChI is InChI=1S/C10H13ClN2O3S/c11-9-7(17-6-2-8(15)16)1-3-12-10(9)13-4-5-14/h1,3,14H,2,4-6H2,(H,12,13)(H,15,16). The normalized spacial score (nSPS) is 10.2. The lowest BCUT2D eigenvalue weighted by atomic mass is 10.4. The summed E-state index contributed by atoms with van der Waals surface area (Å²) in [6, 6.07) is 1.74. The summed E-state index contributed by atoms with van der Waals surface area (Å²) < 4.78 is 0. The molecule has 5 nitrogen and oxygen atoms in total. The number of anilines is 1. The number of aromatic nitrogens is 1. The third-order valence-corrected chi connectivity index (χ3v) is 3.39. The van der Waals surface area contributed by atoms with Gasteiger partial charge in [0.1, 0.15) is 5.82 Å². The molecule has 17 heavy (non-hydrogen) atoms. The molecule has 0 aliphatic carbocycles. The molecular formula is C10H13ClN2O3S. The summed E-state index contributed by atoms with van der Waals surface area (Å²) >= 11 is 7.45. The molecular weight excluding hydrogens is 264 g/mol. The van der Waals surface area contributed by atoms with Crippen LogP contribution in [-0.4, -0.2) is 40.1 Å². The molecule has 3 N–H and O–H groups in total. The Morgan fingerprint density at radius 1 is 1.59 bits per heavy atom. The summed E-state index contributed by atoms with van der Waals surface area (Å²) in [7, 11) is 0. The van der Waals surface area contributed by atoms with Gasteiger partial charge in [-0.15, -0.1) is 11.8 Å². The van der Waals surface area contributed by atoms with E-state index in [-0.39, 0.29) is 13.0 Å². The fourth-order valence-electron chi connectivity index (χ4n) is 1.08. The molecule has 0 amide bonds. The minimum absolute atomic E-state index is 0.00556. The van der Waals surface area contributed by atoms with Crippen molar-refractivity contribution in [2.75, 3.05) is 24.2 Å². The van der Waals surface area contributed by atoms with E-state index in [0.717, 1.165) is 4.90 Å². The average molecular weight is 277 g/mol. The molecule has 0 saturated carbocycles. The van der Waals surface area contributed by atoms with Crippen LogP contribution in [0.3, 0.4) is 0 Å². The Morgan fingerprint density at radius 3 is 3.00 bits per heavy atom. The number of hydrogen-bond acceptors (Lipinski definition) is 5. The molecule has 0 radical (unpaired) electrons. The van der Waals surface area contributed by atoms with Crippen molar-refractivity contribution in [2.24, 2.45) is 0 Å². The van der Waals surface area contributed by atoms with Gasteiger partial charge in [-0.1, -0.05) is 11.6 Å². The number of nitrogens with one attached hydrogen (secondary N) is 1.